The Morgan fingerprint density at radius 1 is 1.39 bits per heavy atom. The van der Waals surface area contributed by atoms with Crippen LogP contribution in [0, 0.1) is 5.92 Å². The summed E-state index contributed by atoms with van der Waals surface area (Å²) < 4.78 is 5.37. The summed E-state index contributed by atoms with van der Waals surface area (Å²) in [5, 5.41) is 21.4. The lowest BCUT2D eigenvalue weighted by Gasteiger charge is -2.07. The van der Waals surface area contributed by atoms with Crippen LogP contribution < -0.4 is 5.32 Å². The molecule has 1 fully saturated rings. The molecule has 0 radical (unpaired) electrons. The van der Waals surface area contributed by atoms with Crippen molar-refractivity contribution in [3.05, 3.63) is 23.8 Å². The van der Waals surface area contributed by atoms with E-state index in [0.29, 0.717) is 19.1 Å². The second-order valence-corrected chi connectivity index (χ2v) is 4.48. The summed E-state index contributed by atoms with van der Waals surface area (Å²) in [6.45, 7) is 1.61. The molecule has 98 valence electrons. The average molecular weight is 251 g/mol. The summed E-state index contributed by atoms with van der Waals surface area (Å²) in [4.78, 5) is 11.7. The second-order valence-electron chi connectivity index (χ2n) is 4.48. The minimum Gasteiger partial charge on any atom is -0.508 e. The van der Waals surface area contributed by atoms with Crippen LogP contribution in [0.3, 0.4) is 0 Å². The minimum absolute atomic E-state index is 0.0528. The van der Waals surface area contributed by atoms with E-state index >= 15 is 0 Å². The molecular weight excluding hydrogens is 234 g/mol. The van der Waals surface area contributed by atoms with E-state index in [2.05, 4.69) is 5.32 Å². The molecule has 1 aliphatic rings. The highest BCUT2D eigenvalue weighted by atomic mass is 16.5. The first-order valence-electron chi connectivity index (χ1n) is 6.05. The fraction of sp³-hybridized carbons (Fsp3) is 0.462. The molecule has 18 heavy (non-hydrogen) atoms. The lowest BCUT2D eigenvalue weighted by atomic mass is 10.2. The van der Waals surface area contributed by atoms with Gasteiger partial charge in [0, 0.05) is 13.2 Å². The number of rotatable bonds is 6. The van der Waals surface area contributed by atoms with Crippen molar-refractivity contribution >= 4 is 5.91 Å². The maximum atomic E-state index is 11.7. The number of carbonyl (C=O) groups is 1. The molecule has 0 aliphatic heterocycles. The smallest absolute Gasteiger partial charge is 0.255 e. The predicted molar refractivity (Wildman–Crippen MR) is 65.6 cm³/mol. The Morgan fingerprint density at radius 2 is 2.17 bits per heavy atom. The van der Waals surface area contributed by atoms with Crippen LogP contribution in [-0.4, -0.2) is 35.9 Å². The predicted octanol–water partition coefficient (Wildman–Crippen LogP) is 1.25. The number of carbonyl (C=O) groups excluding carboxylic acids is 1. The number of hydrogen-bond acceptors (Lipinski definition) is 4. The van der Waals surface area contributed by atoms with Gasteiger partial charge in [0.05, 0.1) is 12.2 Å². The standard InChI is InChI=1S/C13H17NO4/c15-10-3-4-12(16)11(7-10)13(17)14-5-6-18-8-9-1-2-9/h3-4,7,9,15-16H,1-2,5-6,8H2,(H,14,17). The molecule has 2 rings (SSSR count). The van der Waals surface area contributed by atoms with Gasteiger partial charge in [-0.2, -0.15) is 0 Å². The molecule has 0 unspecified atom stereocenters. The van der Waals surface area contributed by atoms with E-state index < -0.39 is 5.91 Å². The fourth-order valence-electron chi connectivity index (χ4n) is 1.57. The molecule has 0 aromatic heterocycles. The van der Waals surface area contributed by atoms with Crippen molar-refractivity contribution < 1.29 is 19.7 Å². The zero-order valence-corrected chi connectivity index (χ0v) is 10.1. The molecule has 0 heterocycles. The van der Waals surface area contributed by atoms with E-state index in [0.717, 1.165) is 6.61 Å². The van der Waals surface area contributed by atoms with Gasteiger partial charge in [-0.1, -0.05) is 0 Å². The first kappa shape index (κ1) is 12.7. The number of hydrogen-bond donors (Lipinski definition) is 3. The molecule has 1 aromatic carbocycles. The highest BCUT2D eigenvalue weighted by Gasteiger charge is 2.20. The zero-order chi connectivity index (χ0) is 13.0. The molecule has 3 N–H and O–H groups in total. The van der Waals surface area contributed by atoms with Crippen LogP contribution in [0.15, 0.2) is 18.2 Å². The minimum atomic E-state index is -0.418. The van der Waals surface area contributed by atoms with Crippen LogP contribution in [0.4, 0.5) is 0 Å². The third kappa shape index (κ3) is 3.63. The Morgan fingerprint density at radius 3 is 2.89 bits per heavy atom. The van der Waals surface area contributed by atoms with Gasteiger partial charge in [-0.25, -0.2) is 0 Å². The number of amides is 1. The Balaban J connectivity index is 1.74. The van der Waals surface area contributed by atoms with Crippen LogP contribution >= 0.6 is 0 Å². The molecule has 1 amide bonds. The molecule has 0 bridgehead atoms. The van der Waals surface area contributed by atoms with Crippen LogP contribution in [0.1, 0.15) is 23.2 Å². The van der Waals surface area contributed by atoms with Crippen LogP contribution in [-0.2, 0) is 4.74 Å². The summed E-state index contributed by atoms with van der Waals surface area (Å²) >= 11 is 0. The molecule has 1 aliphatic carbocycles. The van der Waals surface area contributed by atoms with Crippen molar-refractivity contribution in [3.8, 4) is 11.5 Å². The second kappa shape index (κ2) is 5.73. The number of phenols is 2. The zero-order valence-electron chi connectivity index (χ0n) is 10.1. The topological polar surface area (TPSA) is 78.8 Å². The lowest BCUT2D eigenvalue weighted by Crippen LogP contribution is -2.27. The number of benzene rings is 1. The first-order valence-corrected chi connectivity index (χ1v) is 6.05. The number of phenolic OH excluding ortho intramolecular Hbond substituents is 2. The van der Waals surface area contributed by atoms with Crippen molar-refractivity contribution in [3.63, 3.8) is 0 Å². The summed E-state index contributed by atoms with van der Waals surface area (Å²) in [6, 6.07) is 3.84. The molecule has 0 saturated heterocycles. The van der Waals surface area contributed by atoms with E-state index in [4.69, 9.17) is 4.74 Å². The first-order chi connectivity index (χ1) is 8.66. The van der Waals surface area contributed by atoms with Crippen LogP contribution in [0.2, 0.25) is 0 Å². The Hall–Kier alpha value is -1.75. The van der Waals surface area contributed by atoms with E-state index in [-0.39, 0.29) is 17.1 Å². The average Bonchev–Trinajstić information content (AvgIpc) is 3.15. The highest BCUT2D eigenvalue weighted by Crippen LogP contribution is 2.28. The molecule has 1 aromatic rings. The fourth-order valence-corrected chi connectivity index (χ4v) is 1.57. The van der Waals surface area contributed by atoms with Gasteiger partial charge in [0.1, 0.15) is 11.5 Å². The number of ether oxygens (including phenoxy) is 1. The highest BCUT2D eigenvalue weighted by molar-refractivity contribution is 5.97. The Kier molecular flexibility index (Phi) is 4.04. The van der Waals surface area contributed by atoms with Crippen molar-refractivity contribution in [1.82, 2.24) is 5.32 Å². The summed E-state index contributed by atoms with van der Waals surface area (Å²) in [7, 11) is 0. The van der Waals surface area contributed by atoms with Gasteiger partial charge in [0.15, 0.2) is 0 Å². The van der Waals surface area contributed by atoms with Crippen LogP contribution in [0.25, 0.3) is 0 Å². The molecule has 5 nitrogen and oxygen atoms in total. The van der Waals surface area contributed by atoms with Crippen molar-refractivity contribution in [2.45, 2.75) is 12.8 Å². The van der Waals surface area contributed by atoms with Crippen molar-refractivity contribution in [2.24, 2.45) is 5.92 Å². The lowest BCUT2D eigenvalue weighted by molar-refractivity contribution is 0.0903. The van der Waals surface area contributed by atoms with E-state index in [1.54, 1.807) is 0 Å². The molecular formula is C13H17NO4. The summed E-state index contributed by atoms with van der Waals surface area (Å²) in [6.07, 6.45) is 2.48. The van der Waals surface area contributed by atoms with Gasteiger partial charge in [-0.3, -0.25) is 4.79 Å². The normalized spacial score (nSPS) is 14.4. The maximum absolute atomic E-state index is 11.7. The molecule has 5 heteroatoms. The number of nitrogens with one attached hydrogen (secondary N) is 1. The van der Waals surface area contributed by atoms with Crippen molar-refractivity contribution in [2.75, 3.05) is 19.8 Å². The quantitative estimate of drug-likeness (QED) is 0.525. The van der Waals surface area contributed by atoms with E-state index in [1.165, 1.54) is 31.0 Å². The third-order valence-electron chi connectivity index (χ3n) is 2.81. The van der Waals surface area contributed by atoms with Gasteiger partial charge in [-0.05, 0) is 37.0 Å². The third-order valence-corrected chi connectivity index (χ3v) is 2.81. The van der Waals surface area contributed by atoms with Gasteiger partial charge >= 0.3 is 0 Å². The van der Waals surface area contributed by atoms with Crippen molar-refractivity contribution in [1.29, 1.82) is 0 Å². The summed E-state index contributed by atoms with van der Waals surface area (Å²) in [5.74, 6) is 0.0846. The Bertz CT molecular complexity index is 429. The SMILES string of the molecule is O=C(NCCOCC1CC1)c1cc(O)ccc1O. The molecule has 1 saturated carbocycles. The van der Waals surface area contributed by atoms with Gasteiger partial charge < -0.3 is 20.3 Å². The monoisotopic (exact) mass is 251 g/mol. The van der Waals surface area contributed by atoms with E-state index in [1.807, 2.05) is 0 Å². The van der Waals surface area contributed by atoms with Gasteiger partial charge in [-0.15, -0.1) is 0 Å². The van der Waals surface area contributed by atoms with Gasteiger partial charge in [0.25, 0.3) is 5.91 Å². The summed E-state index contributed by atoms with van der Waals surface area (Å²) in [5.41, 5.74) is 0.0668. The van der Waals surface area contributed by atoms with Crippen LogP contribution in [0.5, 0.6) is 11.5 Å². The maximum Gasteiger partial charge on any atom is 0.255 e. The largest absolute Gasteiger partial charge is 0.508 e. The van der Waals surface area contributed by atoms with E-state index in [9.17, 15) is 15.0 Å². The van der Waals surface area contributed by atoms with Gasteiger partial charge in [0.2, 0.25) is 0 Å². The molecule has 0 spiro atoms. The number of aromatic hydroxyl groups is 2. The molecule has 0 atom stereocenters. The Labute approximate surface area is 105 Å².